The van der Waals surface area contributed by atoms with E-state index in [9.17, 15) is 4.79 Å². The first kappa shape index (κ1) is 14.6. The van der Waals surface area contributed by atoms with Crippen LogP contribution in [0.3, 0.4) is 0 Å². The van der Waals surface area contributed by atoms with Gasteiger partial charge in [0.2, 0.25) is 0 Å². The van der Waals surface area contributed by atoms with E-state index in [-0.39, 0.29) is 18.1 Å². The number of carbonyl (C=O) groups excluding carboxylic acids is 1. The number of carbonyl (C=O) groups is 1. The first-order chi connectivity index (χ1) is 10.3. The molecule has 1 aromatic heterocycles. The van der Waals surface area contributed by atoms with Gasteiger partial charge in [0.15, 0.2) is 0 Å². The van der Waals surface area contributed by atoms with E-state index in [1.54, 1.807) is 0 Å². The van der Waals surface area contributed by atoms with Gasteiger partial charge in [0, 0.05) is 25.0 Å². The van der Waals surface area contributed by atoms with Crippen molar-refractivity contribution in [3.05, 3.63) is 24.0 Å². The fourth-order valence-corrected chi connectivity index (χ4v) is 3.24. The van der Waals surface area contributed by atoms with Gasteiger partial charge in [-0.25, -0.2) is 0 Å². The minimum absolute atomic E-state index is 0.0881. The highest BCUT2D eigenvalue weighted by Crippen LogP contribution is 2.31. The monoisotopic (exact) mass is 292 g/mol. The van der Waals surface area contributed by atoms with E-state index < -0.39 is 6.10 Å². The third-order valence-corrected chi connectivity index (χ3v) is 4.42. The molecule has 3 unspecified atom stereocenters. The number of amides is 1. The van der Waals surface area contributed by atoms with E-state index in [0.717, 1.165) is 44.5 Å². The van der Waals surface area contributed by atoms with Crippen LogP contribution in [0.25, 0.3) is 0 Å². The van der Waals surface area contributed by atoms with Gasteiger partial charge in [-0.05, 0) is 44.7 Å². The fourth-order valence-electron chi connectivity index (χ4n) is 3.24. The van der Waals surface area contributed by atoms with Crippen LogP contribution in [0.1, 0.15) is 44.3 Å². The van der Waals surface area contributed by atoms with E-state index in [2.05, 4.69) is 4.98 Å². The lowest BCUT2D eigenvalue weighted by atomic mass is 10.1. The number of aromatic amines is 1. The van der Waals surface area contributed by atoms with Crippen LogP contribution < -0.4 is 0 Å². The number of hydrogen-bond donors (Lipinski definition) is 1. The zero-order valence-corrected chi connectivity index (χ0v) is 12.6. The SMILES string of the molecule is CC(OCC1CCCO1)C(=O)N1CCCC1c1ccc[nH]1. The molecule has 116 valence electrons. The van der Waals surface area contributed by atoms with Crippen molar-refractivity contribution in [2.75, 3.05) is 19.8 Å². The van der Waals surface area contributed by atoms with Crippen molar-refractivity contribution >= 4 is 5.91 Å². The molecule has 0 bridgehead atoms. The smallest absolute Gasteiger partial charge is 0.251 e. The molecule has 5 nitrogen and oxygen atoms in total. The Morgan fingerprint density at radius 1 is 1.52 bits per heavy atom. The van der Waals surface area contributed by atoms with Crippen molar-refractivity contribution in [1.29, 1.82) is 0 Å². The van der Waals surface area contributed by atoms with Crippen LogP contribution in [0.15, 0.2) is 18.3 Å². The van der Waals surface area contributed by atoms with Crippen LogP contribution in [-0.2, 0) is 14.3 Å². The molecule has 2 saturated heterocycles. The standard InChI is InChI=1S/C16H24N2O3/c1-12(21-11-13-5-4-10-20-13)16(19)18-9-3-7-15(18)14-6-2-8-17-14/h2,6,8,12-13,15,17H,3-5,7,9-11H2,1H3. The van der Waals surface area contributed by atoms with Gasteiger partial charge < -0.3 is 19.4 Å². The van der Waals surface area contributed by atoms with Gasteiger partial charge in [-0.1, -0.05) is 0 Å². The Balaban J connectivity index is 1.55. The second kappa shape index (κ2) is 6.62. The quantitative estimate of drug-likeness (QED) is 0.905. The molecular formula is C16H24N2O3. The second-order valence-electron chi connectivity index (χ2n) is 5.93. The Bertz CT molecular complexity index is 454. The summed E-state index contributed by atoms with van der Waals surface area (Å²) in [5.41, 5.74) is 1.12. The van der Waals surface area contributed by atoms with Crippen molar-refractivity contribution in [3.8, 4) is 0 Å². The number of ether oxygens (including phenoxy) is 2. The highest BCUT2D eigenvalue weighted by atomic mass is 16.5. The average molecular weight is 292 g/mol. The zero-order valence-electron chi connectivity index (χ0n) is 12.6. The first-order valence-electron chi connectivity index (χ1n) is 7.92. The molecule has 0 saturated carbocycles. The van der Waals surface area contributed by atoms with E-state index in [1.807, 2.05) is 30.2 Å². The van der Waals surface area contributed by atoms with Gasteiger partial charge in [-0.15, -0.1) is 0 Å². The van der Waals surface area contributed by atoms with Gasteiger partial charge in [0.05, 0.1) is 18.8 Å². The van der Waals surface area contributed by atoms with Crippen molar-refractivity contribution in [2.24, 2.45) is 0 Å². The molecule has 3 rings (SSSR count). The second-order valence-corrected chi connectivity index (χ2v) is 5.93. The molecule has 1 amide bonds. The van der Waals surface area contributed by atoms with Gasteiger partial charge in [-0.2, -0.15) is 0 Å². The molecule has 1 aromatic rings. The minimum Gasteiger partial charge on any atom is -0.376 e. The maximum atomic E-state index is 12.6. The minimum atomic E-state index is -0.398. The van der Waals surface area contributed by atoms with E-state index >= 15 is 0 Å². The molecule has 2 aliphatic heterocycles. The maximum Gasteiger partial charge on any atom is 0.251 e. The number of likely N-dealkylation sites (tertiary alicyclic amines) is 1. The third kappa shape index (κ3) is 3.30. The molecule has 2 fully saturated rings. The van der Waals surface area contributed by atoms with Gasteiger partial charge >= 0.3 is 0 Å². The molecule has 5 heteroatoms. The Morgan fingerprint density at radius 2 is 2.43 bits per heavy atom. The lowest BCUT2D eigenvalue weighted by molar-refractivity contribution is -0.145. The molecule has 2 aliphatic rings. The predicted octanol–water partition coefficient (Wildman–Crippen LogP) is 2.26. The van der Waals surface area contributed by atoms with Crippen molar-refractivity contribution in [2.45, 2.75) is 50.9 Å². The van der Waals surface area contributed by atoms with Crippen molar-refractivity contribution in [3.63, 3.8) is 0 Å². The molecule has 1 N–H and O–H groups in total. The average Bonchev–Trinajstić information content (AvgIpc) is 3.25. The van der Waals surface area contributed by atoms with Gasteiger partial charge in [0.25, 0.3) is 5.91 Å². The summed E-state index contributed by atoms with van der Waals surface area (Å²) in [4.78, 5) is 17.8. The Hall–Kier alpha value is -1.33. The third-order valence-electron chi connectivity index (χ3n) is 4.42. The van der Waals surface area contributed by atoms with Crippen LogP contribution in [-0.4, -0.2) is 47.8 Å². The first-order valence-corrected chi connectivity index (χ1v) is 7.92. The highest BCUT2D eigenvalue weighted by Gasteiger charge is 2.33. The normalized spacial score (nSPS) is 27.2. The van der Waals surface area contributed by atoms with Crippen molar-refractivity contribution < 1.29 is 14.3 Å². The van der Waals surface area contributed by atoms with Crippen molar-refractivity contribution in [1.82, 2.24) is 9.88 Å². The van der Waals surface area contributed by atoms with Crippen LogP contribution in [0.5, 0.6) is 0 Å². The number of nitrogens with one attached hydrogen (secondary N) is 1. The molecule has 3 atom stereocenters. The summed E-state index contributed by atoms with van der Waals surface area (Å²) in [5.74, 6) is 0.0881. The van der Waals surface area contributed by atoms with E-state index in [0.29, 0.717) is 6.61 Å². The number of nitrogens with zero attached hydrogens (tertiary/aromatic N) is 1. The summed E-state index contributed by atoms with van der Waals surface area (Å²) in [6, 6.07) is 4.20. The largest absolute Gasteiger partial charge is 0.376 e. The zero-order chi connectivity index (χ0) is 14.7. The molecule has 0 radical (unpaired) electrons. The summed E-state index contributed by atoms with van der Waals surface area (Å²) in [6.45, 7) is 4.00. The fraction of sp³-hybridized carbons (Fsp3) is 0.688. The molecule has 0 spiro atoms. The number of hydrogen-bond acceptors (Lipinski definition) is 3. The lowest BCUT2D eigenvalue weighted by Crippen LogP contribution is -2.39. The summed E-state index contributed by atoms with van der Waals surface area (Å²) in [7, 11) is 0. The van der Waals surface area contributed by atoms with Crippen LogP contribution in [0.4, 0.5) is 0 Å². The number of H-pyrrole nitrogens is 1. The Morgan fingerprint density at radius 3 is 3.14 bits per heavy atom. The predicted molar refractivity (Wildman–Crippen MR) is 78.9 cm³/mol. The lowest BCUT2D eigenvalue weighted by Gasteiger charge is -2.27. The molecule has 21 heavy (non-hydrogen) atoms. The molecule has 0 aromatic carbocycles. The van der Waals surface area contributed by atoms with Gasteiger partial charge in [0.1, 0.15) is 6.10 Å². The van der Waals surface area contributed by atoms with Gasteiger partial charge in [-0.3, -0.25) is 4.79 Å². The van der Waals surface area contributed by atoms with Crippen LogP contribution in [0, 0.1) is 0 Å². The summed E-state index contributed by atoms with van der Waals surface area (Å²) >= 11 is 0. The topological polar surface area (TPSA) is 54.6 Å². The number of rotatable bonds is 5. The van der Waals surface area contributed by atoms with E-state index in [1.165, 1.54) is 0 Å². The summed E-state index contributed by atoms with van der Waals surface area (Å²) < 4.78 is 11.3. The van der Waals surface area contributed by atoms with Crippen LogP contribution in [0.2, 0.25) is 0 Å². The summed E-state index contributed by atoms with van der Waals surface area (Å²) in [6.07, 6.45) is 5.88. The Labute approximate surface area is 125 Å². The Kier molecular flexibility index (Phi) is 4.60. The maximum absolute atomic E-state index is 12.6. The van der Waals surface area contributed by atoms with Crippen LogP contribution >= 0.6 is 0 Å². The summed E-state index contributed by atoms with van der Waals surface area (Å²) in [5, 5.41) is 0. The highest BCUT2D eigenvalue weighted by molar-refractivity contribution is 5.81. The molecule has 0 aliphatic carbocycles. The van der Waals surface area contributed by atoms with E-state index in [4.69, 9.17) is 9.47 Å². The number of aromatic nitrogens is 1. The molecule has 3 heterocycles. The molecular weight excluding hydrogens is 268 g/mol.